The van der Waals surface area contributed by atoms with E-state index in [4.69, 9.17) is 0 Å². The summed E-state index contributed by atoms with van der Waals surface area (Å²) in [5.41, 5.74) is 0. The Bertz CT molecular complexity index is 580. The lowest BCUT2D eigenvalue weighted by atomic mass is 9.63. The fourth-order valence-electron chi connectivity index (χ4n) is 8.24. The summed E-state index contributed by atoms with van der Waals surface area (Å²) in [7, 11) is 0. The van der Waals surface area contributed by atoms with Gasteiger partial charge in [0.05, 0.1) is 0 Å². The molecule has 0 heterocycles. The Morgan fingerprint density at radius 2 is 1.00 bits per heavy atom. The van der Waals surface area contributed by atoms with E-state index in [9.17, 15) is 8.78 Å². The smallest absolute Gasteiger partial charge is 0.134 e. The van der Waals surface area contributed by atoms with Gasteiger partial charge in [0.2, 0.25) is 0 Å². The summed E-state index contributed by atoms with van der Waals surface area (Å²) >= 11 is 0. The van der Waals surface area contributed by atoms with Gasteiger partial charge >= 0.3 is 0 Å². The van der Waals surface area contributed by atoms with E-state index in [1.807, 2.05) is 6.92 Å². The van der Waals surface area contributed by atoms with Gasteiger partial charge in [-0.05, 0) is 105 Å². The van der Waals surface area contributed by atoms with Crippen LogP contribution in [0.5, 0.6) is 0 Å². The van der Waals surface area contributed by atoms with Gasteiger partial charge in [-0.1, -0.05) is 52.4 Å². The lowest BCUT2D eigenvalue weighted by Crippen LogP contribution is -2.45. The maximum Gasteiger partial charge on any atom is 0.134 e. The van der Waals surface area contributed by atoms with Crippen molar-refractivity contribution in [2.45, 2.75) is 135 Å². The van der Waals surface area contributed by atoms with Crippen LogP contribution in [0.1, 0.15) is 110 Å². The first-order valence-electron chi connectivity index (χ1n) is 14.4. The van der Waals surface area contributed by atoms with Crippen molar-refractivity contribution in [3.05, 3.63) is 0 Å². The largest absolute Gasteiger partial charge is 0.244 e. The molecule has 0 N–H and O–H groups in total. The molecule has 4 aliphatic carbocycles. The Labute approximate surface area is 200 Å². The fraction of sp³-hybridized carbons (Fsp3) is 1.00. The van der Waals surface area contributed by atoms with Crippen LogP contribution < -0.4 is 0 Å². The van der Waals surface area contributed by atoms with Gasteiger partial charge in [-0.2, -0.15) is 0 Å². The molecule has 4 fully saturated rings. The van der Waals surface area contributed by atoms with E-state index in [1.165, 1.54) is 12.8 Å². The third-order valence-corrected chi connectivity index (χ3v) is 10.7. The van der Waals surface area contributed by atoms with Crippen LogP contribution in [0.2, 0.25) is 0 Å². The zero-order valence-corrected chi connectivity index (χ0v) is 21.0. The van der Waals surface area contributed by atoms with Crippen molar-refractivity contribution in [3.63, 3.8) is 0 Å². The van der Waals surface area contributed by atoms with Crippen molar-refractivity contribution in [1.82, 2.24) is 0 Å². The van der Waals surface area contributed by atoms with Gasteiger partial charge in [-0.3, -0.25) is 0 Å². The molecule has 4 saturated carbocycles. The summed E-state index contributed by atoms with van der Waals surface area (Å²) in [6, 6.07) is 0. The van der Waals surface area contributed by atoms with Crippen molar-refractivity contribution in [3.8, 4) is 0 Å². The topological polar surface area (TPSA) is 0 Å². The van der Waals surface area contributed by atoms with E-state index < -0.39 is 24.7 Å². The highest BCUT2D eigenvalue weighted by Crippen LogP contribution is 2.49. The van der Waals surface area contributed by atoms with E-state index in [0.29, 0.717) is 17.8 Å². The van der Waals surface area contributed by atoms with Crippen molar-refractivity contribution in [1.29, 1.82) is 0 Å². The summed E-state index contributed by atoms with van der Waals surface area (Å²) in [5.74, 6) is 1.61. The first-order chi connectivity index (χ1) is 15.9. The Morgan fingerprint density at radius 1 is 0.515 bits per heavy atom. The van der Waals surface area contributed by atoms with Crippen LogP contribution in [0.4, 0.5) is 17.6 Å². The Kier molecular flexibility index (Phi) is 9.10. The molecule has 4 unspecified atom stereocenters. The lowest BCUT2D eigenvalue weighted by molar-refractivity contribution is -0.0369. The van der Waals surface area contributed by atoms with E-state index in [1.54, 1.807) is 0 Å². The molecule has 0 aromatic carbocycles. The molecule has 0 aromatic heterocycles. The molecule has 0 nitrogen and oxygen atoms in total. The second kappa shape index (κ2) is 11.6. The van der Waals surface area contributed by atoms with Gasteiger partial charge in [0.25, 0.3) is 0 Å². The van der Waals surface area contributed by atoms with Crippen LogP contribution >= 0.6 is 0 Å². The molecule has 0 aliphatic heterocycles. The quantitative estimate of drug-likeness (QED) is 0.338. The third-order valence-electron chi connectivity index (χ3n) is 10.7. The highest BCUT2D eigenvalue weighted by molar-refractivity contribution is 4.95. The first-order valence-corrected chi connectivity index (χ1v) is 14.4. The summed E-state index contributed by atoms with van der Waals surface area (Å²) in [6.45, 7) is 4.23. The maximum atomic E-state index is 15.3. The van der Waals surface area contributed by atoms with Crippen LogP contribution in [0.3, 0.4) is 0 Å². The minimum Gasteiger partial charge on any atom is -0.244 e. The molecule has 0 bridgehead atoms. The van der Waals surface area contributed by atoms with Crippen LogP contribution in [0.15, 0.2) is 0 Å². The number of rotatable bonds is 6. The summed E-state index contributed by atoms with van der Waals surface area (Å²) in [6.07, 6.45) is 9.31. The number of hydrogen-bond acceptors (Lipinski definition) is 0. The van der Waals surface area contributed by atoms with Gasteiger partial charge < -0.3 is 0 Å². The Morgan fingerprint density at radius 3 is 1.55 bits per heavy atom. The highest BCUT2D eigenvalue weighted by Gasteiger charge is 2.46. The monoisotopic (exact) mass is 472 g/mol. The summed E-state index contributed by atoms with van der Waals surface area (Å²) in [5, 5.41) is 0. The normalized spacial score (nSPS) is 49.6. The molecular weight excluding hydrogens is 424 g/mol. The second-order valence-corrected chi connectivity index (χ2v) is 12.6. The van der Waals surface area contributed by atoms with Gasteiger partial charge in [0.1, 0.15) is 24.7 Å². The minimum atomic E-state index is -1.30. The molecule has 4 rings (SSSR count). The SMILES string of the molecule is CC[C@H]1CCC(CCC2CCC([C@H]3CC[C@@H](C4CCC(C)CC4)C(F)[C@H]3F)CC2)C(F)C1F. The molecular formula is C29H48F4. The predicted molar refractivity (Wildman–Crippen MR) is 128 cm³/mol. The van der Waals surface area contributed by atoms with E-state index >= 15 is 8.78 Å². The van der Waals surface area contributed by atoms with E-state index in [2.05, 4.69) is 6.92 Å². The third kappa shape index (κ3) is 5.93. The molecule has 0 aromatic rings. The number of hydrogen-bond donors (Lipinski definition) is 0. The summed E-state index contributed by atoms with van der Waals surface area (Å²) in [4.78, 5) is 0. The van der Waals surface area contributed by atoms with Gasteiger partial charge in [0.15, 0.2) is 0 Å². The van der Waals surface area contributed by atoms with Crippen molar-refractivity contribution < 1.29 is 17.6 Å². The average Bonchev–Trinajstić information content (AvgIpc) is 2.83. The highest BCUT2D eigenvalue weighted by atomic mass is 19.2. The molecule has 0 spiro atoms. The maximum absolute atomic E-state index is 15.3. The lowest BCUT2D eigenvalue weighted by Gasteiger charge is -2.44. The van der Waals surface area contributed by atoms with Crippen molar-refractivity contribution >= 4 is 0 Å². The molecule has 0 amide bonds. The second-order valence-electron chi connectivity index (χ2n) is 12.6. The predicted octanol–water partition coefficient (Wildman–Crippen LogP) is 9.21. The number of alkyl halides is 4. The fourth-order valence-corrected chi connectivity index (χ4v) is 8.24. The van der Waals surface area contributed by atoms with Crippen molar-refractivity contribution in [2.24, 2.45) is 47.3 Å². The molecule has 0 saturated heterocycles. The molecule has 192 valence electrons. The van der Waals surface area contributed by atoms with Gasteiger partial charge in [0, 0.05) is 0 Å². The zero-order chi connectivity index (χ0) is 23.5. The van der Waals surface area contributed by atoms with Gasteiger partial charge in [-0.15, -0.1) is 0 Å². The molecule has 4 heteroatoms. The van der Waals surface area contributed by atoms with E-state index in [-0.39, 0.29) is 23.7 Å². The van der Waals surface area contributed by atoms with Crippen molar-refractivity contribution in [2.75, 3.05) is 0 Å². The van der Waals surface area contributed by atoms with Crippen LogP contribution in [0.25, 0.3) is 0 Å². The minimum absolute atomic E-state index is 0.0594. The Hall–Kier alpha value is -0.280. The van der Waals surface area contributed by atoms with Gasteiger partial charge in [-0.25, -0.2) is 17.6 Å². The van der Waals surface area contributed by atoms with Crippen LogP contribution in [0, 0.1) is 47.3 Å². The van der Waals surface area contributed by atoms with E-state index in [0.717, 1.165) is 89.4 Å². The Balaban J connectivity index is 1.20. The molecule has 0 radical (unpaired) electrons. The average molecular weight is 473 g/mol. The molecule has 33 heavy (non-hydrogen) atoms. The molecule has 4 aliphatic rings. The molecule has 8 atom stereocenters. The first kappa shape index (κ1) is 25.8. The zero-order valence-electron chi connectivity index (χ0n) is 21.0. The van der Waals surface area contributed by atoms with Crippen LogP contribution in [-0.2, 0) is 0 Å². The number of halogens is 4. The van der Waals surface area contributed by atoms with Crippen LogP contribution in [-0.4, -0.2) is 24.7 Å². The standard InChI is InChI=1S/C29H48F4/c1-3-20-14-15-23(27(31)26(20)30)13-8-19-6-11-22(12-7-19)25-17-16-24(28(32)29(25)33)21-9-4-18(2)5-10-21/h18-29H,3-17H2,1-2H3/t18?,19?,20-,21?,22?,23?,24-,25+,26?,27?,28?,29-/m0/s1. The summed E-state index contributed by atoms with van der Waals surface area (Å²) < 4.78 is 59.4.